The molecule has 2 aliphatic heterocycles. The monoisotopic (exact) mass is 238 g/mol. The maximum absolute atomic E-state index is 11.6. The zero-order valence-electron chi connectivity index (χ0n) is 8.65. The lowest BCUT2D eigenvalue weighted by Crippen LogP contribution is -2.27. The van der Waals surface area contributed by atoms with Gasteiger partial charge in [-0.05, 0) is 19.1 Å². The predicted octanol–water partition coefficient (Wildman–Crippen LogP) is 0.0901. The summed E-state index contributed by atoms with van der Waals surface area (Å²) < 4.78 is 4.86. The number of esters is 1. The normalized spacial score (nSPS) is 23.3. The van der Waals surface area contributed by atoms with Crippen LogP contribution in [0.25, 0.3) is 0 Å². The van der Waals surface area contributed by atoms with E-state index in [-0.39, 0.29) is 11.4 Å². The van der Waals surface area contributed by atoms with Crippen LogP contribution in [0.15, 0.2) is 23.6 Å². The minimum absolute atomic E-state index is 0.0108. The summed E-state index contributed by atoms with van der Waals surface area (Å²) in [4.78, 5) is 24.7. The second-order valence-corrected chi connectivity index (χ2v) is 3.86. The van der Waals surface area contributed by atoms with E-state index in [9.17, 15) is 9.59 Å². The van der Waals surface area contributed by atoms with Crippen molar-refractivity contribution in [2.75, 3.05) is 13.1 Å². The van der Waals surface area contributed by atoms with E-state index in [0.29, 0.717) is 24.0 Å². The van der Waals surface area contributed by atoms with Gasteiger partial charge in [-0.1, -0.05) is 0 Å². The number of cyclic esters (lactones) is 1. The van der Waals surface area contributed by atoms with E-state index in [4.69, 9.17) is 17.0 Å². The van der Waals surface area contributed by atoms with Gasteiger partial charge in [0.2, 0.25) is 0 Å². The second-order valence-electron chi connectivity index (χ2n) is 3.48. The van der Waals surface area contributed by atoms with Crippen LogP contribution in [0.3, 0.4) is 0 Å². The van der Waals surface area contributed by atoms with Crippen molar-refractivity contribution in [3.05, 3.63) is 23.6 Å². The molecule has 16 heavy (non-hydrogen) atoms. The van der Waals surface area contributed by atoms with Crippen LogP contribution >= 0.6 is 12.2 Å². The highest BCUT2D eigenvalue weighted by atomic mass is 32.1. The maximum atomic E-state index is 11.6. The standard InChI is InChI=1S/C10H10N2O3S/c1-6-4-8(13)7(9(14)15-6)5-12-3-2-11-10(12)16/h4-5H,2-3H2,1H3,(H,11,16)/b7-5+. The lowest BCUT2D eigenvalue weighted by Gasteiger charge is -2.15. The Bertz CT molecular complexity index is 439. The molecule has 0 saturated carbocycles. The SMILES string of the molecule is CC1=CC(=O)/C(=C\N2CCNC2=S)C(=O)O1. The second kappa shape index (κ2) is 4.05. The number of thiocarbonyl (C=S) groups is 1. The number of nitrogens with zero attached hydrogens (tertiary/aromatic N) is 1. The zero-order chi connectivity index (χ0) is 11.7. The van der Waals surface area contributed by atoms with Crippen LogP contribution < -0.4 is 5.32 Å². The van der Waals surface area contributed by atoms with Crippen molar-refractivity contribution in [3.63, 3.8) is 0 Å². The lowest BCUT2D eigenvalue weighted by atomic mass is 10.1. The summed E-state index contributed by atoms with van der Waals surface area (Å²) in [5.74, 6) is -0.655. The molecule has 1 fully saturated rings. The minimum Gasteiger partial charge on any atom is -0.427 e. The van der Waals surface area contributed by atoms with Gasteiger partial charge in [-0.25, -0.2) is 4.79 Å². The van der Waals surface area contributed by atoms with Gasteiger partial charge in [0.1, 0.15) is 11.3 Å². The van der Waals surface area contributed by atoms with Crippen molar-refractivity contribution >= 4 is 29.1 Å². The first-order chi connectivity index (χ1) is 7.58. The number of nitrogens with one attached hydrogen (secondary N) is 1. The van der Waals surface area contributed by atoms with Crippen LogP contribution in [0.4, 0.5) is 0 Å². The van der Waals surface area contributed by atoms with Gasteiger partial charge in [-0.3, -0.25) is 4.79 Å². The quantitative estimate of drug-likeness (QED) is 0.302. The molecule has 5 nitrogen and oxygen atoms in total. The Labute approximate surface area is 97.7 Å². The van der Waals surface area contributed by atoms with Crippen molar-refractivity contribution in [1.29, 1.82) is 0 Å². The largest absolute Gasteiger partial charge is 0.427 e. The molecule has 6 heteroatoms. The highest BCUT2D eigenvalue weighted by Crippen LogP contribution is 2.15. The molecule has 0 aromatic rings. The Kier molecular flexibility index (Phi) is 2.74. The van der Waals surface area contributed by atoms with Gasteiger partial charge < -0.3 is 15.0 Å². The van der Waals surface area contributed by atoms with Gasteiger partial charge >= 0.3 is 5.97 Å². The smallest absolute Gasteiger partial charge is 0.348 e. The van der Waals surface area contributed by atoms with Gasteiger partial charge in [-0.2, -0.15) is 0 Å². The molecule has 84 valence electrons. The molecule has 0 spiro atoms. The number of rotatable bonds is 1. The first-order valence-electron chi connectivity index (χ1n) is 4.79. The number of carbonyl (C=O) groups is 2. The summed E-state index contributed by atoms with van der Waals surface area (Å²) in [7, 11) is 0. The minimum atomic E-state index is -0.625. The number of hydrogen-bond donors (Lipinski definition) is 1. The zero-order valence-corrected chi connectivity index (χ0v) is 9.47. The highest BCUT2D eigenvalue weighted by molar-refractivity contribution is 7.80. The summed E-state index contributed by atoms with van der Waals surface area (Å²) in [6.07, 6.45) is 2.73. The van der Waals surface area contributed by atoms with E-state index in [0.717, 1.165) is 0 Å². The predicted molar refractivity (Wildman–Crippen MR) is 60.2 cm³/mol. The Hall–Kier alpha value is -1.69. The van der Waals surface area contributed by atoms with Crippen LogP contribution in [-0.2, 0) is 14.3 Å². The molecule has 0 radical (unpaired) electrons. The number of ether oxygens (including phenoxy) is 1. The molecule has 2 rings (SSSR count). The van der Waals surface area contributed by atoms with Crippen molar-refractivity contribution in [2.45, 2.75) is 6.92 Å². The third-order valence-corrected chi connectivity index (χ3v) is 2.63. The Morgan fingerprint density at radius 2 is 2.31 bits per heavy atom. The number of carbonyl (C=O) groups excluding carboxylic acids is 2. The Balaban J connectivity index is 2.26. The molecule has 0 aromatic carbocycles. The third kappa shape index (κ3) is 1.96. The first-order valence-corrected chi connectivity index (χ1v) is 5.20. The van der Waals surface area contributed by atoms with Crippen molar-refractivity contribution < 1.29 is 14.3 Å². The van der Waals surface area contributed by atoms with Crippen LogP contribution in [0.5, 0.6) is 0 Å². The highest BCUT2D eigenvalue weighted by Gasteiger charge is 2.26. The van der Waals surface area contributed by atoms with Crippen LogP contribution in [-0.4, -0.2) is 34.9 Å². The summed E-state index contributed by atoms with van der Waals surface area (Å²) in [6, 6.07) is 0. The van der Waals surface area contributed by atoms with Gasteiger partial charge in [-0.15, -0.1) is 0 Å². The van der Waals surface area contributed by atoms with Crippen LogP contribution in [0, 0.1) is 0 Å². The molecular weight excluding hydrogens is 228 g/mol. The maximum Gasteiger partial charge on any atom is 0.348 e. The van der Waals surface area contributed by atoms with E-state index in [2.05, 4.69) is 5.32 Å². The molecule has 1 saturated heterocycles. The van der Waals surface area contributed by atoms with E-state index in [1.807, 2.05) is 0 Å². The molecule has 1 N–H and O–H groups in total. The van der Waals surface area contributed by atoms with E-state index >= 15 is 0 Å². The van der Waals surface area contributed by atoms with E-state index in [1.54, 1.807) is 11.8 Å². The number of hydrogen-bond acceptors (Lipinski definition) is 4. The third-order valence-electron chi connectivity index (χ3n) is 2.25. The molecule has 0 unspecified atom stereocenters. The number of allylic oxidation sites excluding steroid dienone is 2. The molecule has 0 aromatic heterocycles. The lowest BCUT2D eigenvalue weighted by molar-refractivity contribution is -0.137. The molecule has 0 bridgehead atoms. The molecule has 0 atom stereocenters. The van der Waals surface area contributed by atoms with E-state index in [1.165, 1.54) is 12.3 Å². The fourth-order valence-electron chi connectivity index (χ4n) is 1.48. The number of ketones is 1. The van der Waals surface area contributed by atoms with Gasteiger partial charge in [0, 0.05) is 25.4 Å². The Morgan fingerprint density at radius 3 is 2.88 bits per heavy atom. The van der Waals surface area contributed by atoms with E-state index < -0.39 is 5.97 Å². The molecular formula is C10H10N2O3S. The van der Waals surface area contributed by atoms with Gasteiger partial charge in [0.05, 0.1) is 0 Å². The topological polar surface area (TPSA) is 58.6 Å². The molecule has 2 aliphatic rings. The summed E-state index contributed by atoms with van der Waals surface area (Å²) in [5.41, 5.74) is 0.0108. The fourth-order valence-corrected chi connectivity index (χ4v) is 1.72. The van der Waals surface area contributed by atoms with Gasteiger partial charge in [0.25, 0.3) is 0 Å². The van der Waals surface area contributed by atoms with Gasteiger partial charge in [0.15, 0.2) is 10.9 Å². The fraction of sp³-hybridized carbons (Fsp3) is 0.300. The van der Waals surface area contributed by atoms with Crippen LogP contribution in [0.2, 0.25) is 0 Å². The average Bonchev–Trinajstić information content (AvgIpc) is 2.57. The Morgan fingerprint density at radius 1 is 1.56 bits per heavy atom. The van der Waals surface area contributed by atoms with Crippen molar-refractivity contribution in [2.24, 2.45) is 0 Å². The first kappa shape index (κ1) is 10.8. The average molecular weight is 238 g/mol. The summed E-state index contributed by atoms with van der Waals surface area (Å²) in [6.45, 7) is 2.92. The van der Waals surface area contributed by atoms with Crippen molar-refractivity contribution in [3.8, 4) is 0 Å². The van der Waals surface area contributed by atoms with Crippen molar-refractivity contribution in [1.82, 2.24) is 10.2 Å². The van der Waals surface area contributed by atoms with Crippen LogP contribution in [0.1, 0.15) is 6.92 Å². The summed E-state index contributed by atoms with van der Waals surface area (Å²) in [5, 5.41) is 3.44. The molecule has 2 heterocycles. The summed E-state index contributed by atoms with van der Waals surface area (Å²) >= 11 is 5.00. The molecule has 0 amide bonds. The molecule has 0 aliphatic carbocycles.